The zero-order valence-corrected chi connectivity index (χ0v) is 11.4. The van der Waals surface area contributed by atoms with Crippen molar-refractivity contribution in [3.05, 3.63) is 17.0 Å². The second-order valence-electron chi connectivity index (χ2n) is 4.39. The minimum absolute atomic E-state index is 0.109. The van der Waals surface area contributed by atoms with Gasteiger partial charge in [0, 0.05) is 10.9 Å². The zero-order chi connectivity index (χ0) is 12.5. The van der Waals surface area contributed by atoms with Crippen molar-refractivity contribution < 1.29 is 13.5 Å². The van der Waals surface area contributed by atoms with Gasteiger partial charge in [-0.15, -0.1) is 11.3 Å². The van der Waals surface area contributed by atoms with Gasteiger partial charge >= 0.3 is 0 Å². The molecule has 2 atom stereocenters. The molecular weight excluding hydrogens is 258 g/mol. The summed E-state index contributed by atoms with van der Waals surface area (Å²) in [6.07, 6.45) is 3.13. The molecule has 1 aromatic rings. The van der Waals surface area contributed by atoms with Crippen molar-refractivity contribution in [3.63, 3.8) is 0 Å². The smallest absolute Gasteiger partial charge is 0.250 e. The van der Waals surface area contributed by atoms with Crippen LogP contribution < -0.4 is 4.72 Å². The van der Waals surface area contributed by atoms with Crippen molar-refractivity contribution in [2.24, 2.45) is 5.92 Å². The highest BCUT2D eigenvalue weighted by Crippen LogP contribution is 2.36. The lowest BCUT2D eigenvalue weighted by atomic mass is 10.2. The molecule has 1 saturated carbocycles. The molecule has 17 heavy (non-hydrogen) atoms. The van der Waals surface area contributed by atoms with Gasteiger partial charge in [-0.1, -0.05) is 13.3 Å². The Kier molecular flexibility index (Phi) is 3.87. The molecule has 2 N–H and O–H groups in total. The number of aliphatic hydroxyl groups is 1. The third-order valence-electron chi connectivity index (χ3n) is 2.95. The lowest BCUT2D eigenvalue weighted by molar-refractivity contribution is 0.285. The lowest BCUT2D eigenvalue weighted by Gasteiger charge is -2.03. The molecular formula is C11H17NO3S2. The maximum atomic E-state index is 12.0. The molecule has 0 aromatic carbocycles. The highest BCUT2D eigenvalue weighted by Gasteiger charge is 2.39. The highest BCUT2D eigenvalue weighted by molar-refractivity contribution is 7.91. The molecule has 0 radical (unpaired) electrons. The van der Waals surface area contributed by atoms with Crippen molar-refractivity contribution >= 4 is 21.4 Å². The van der Waals surface area contributed by atoms with Crippen LogP contribution in [0.1, 0.15) is 31.1 Å². The van der Waals surface area contributed by atoms with E-state index < -0.39 is 10.0 Å². The SMILES string of the molecule is CCCC1CC1NS(=O)(=O)c1ccc(CO)s1. The topological polar surface area (TPSA) is 66.4 Å². The summed E-state index contributed by atoms with van der Waals surface area (Å²) in [5.41, 5.74) is 0. The molecule has 2 rings (SSSR count). The van der Waals surface area contributed by atoms with Crippen LogP contribution in [0.3, 0.4) is 0 Å². The van der Waals surface area contributed by atoms with Crippen LogP contribution in [0.2, 0.25) is 0 Å². The molecule has 1 aliphatic carbocycles. The Morgan fingerprint density at radius 3 is 2.88 bits per heavy atom. The largest absolute Gasteiger partial charge is 0.391 e. The van der Waals surface area contributed by atoms with Crippen LogP contribution in [0.25, 0.3) is 0 Å². The minimum Gasteiger partial charge on any atom is -0.391 e. The van der Waals surface area contributed by atoms with Gasteiger partial charge in [-0.2, -0.15) is 0 Å². The average Bonchev–Trinajstić information content (AvgIpc) is 2.84. The Bertz CT molecular complexity index is 481. The van der Waals surface area contributed by atoms with E-state index in [0.717, 1.165) is 30.6 Å². The minimum atomic E-state index is -3.38. The fraction of sp³-hybridized carbons (Fsp3) is 0.636. The Balaban J connectivity index is 2.00. The van der Waals surface area contributed by atoms with E-state index in [2.05, 4.69) is 11.6 Å². The van der Waals surface area contributed by atoms with Crippen LogP contribution in [0, 0.1) is 5.92 Å². The fourth-order valence-electron chi connectivity index (χ4n) is 1.93. The Hall–Kier alpha value is -0.430. The molecule has 4 nitrogen and oxygen atoms in total. The molecule has 0 amide bonds. The molecule has 0 saturated heterocycles. The molecule has 0 spiro atoms. The highest BCUT2D eigenvalue weighted by atomic mass is 32.2. The van der Waals surface area contributed by atoms with Crippen LogP contribution in [0.4, 0.5) is 0 Å². The second-order valence-corrected chi connectivity index (χ2v) is 7.50. The number of nitrogens with one attached hydrogen (secondary N) is 1. The summed E-state index contributed by atoms with van der Waals surface area (Å²) in [4.78, 5) is 0.672. The van der Waals surface area contributed by atoms with Gasteiger partial charge in [-0.25, -0.2) is 13.1 Å². The molecule has 1 aromatic heterocycles. The number of hydrogen-bond acceptors (Lipinski definition) is 4. The number of hydrogen-bond donors (Lipinski definition) is 2. The van der Waals surface area contributed by atoms with Gasteiger partial charge < -0.3 is 5.11 Å². The number of sulfonamides is 1. The molecule has 2 unspecified atom stereocenters. The summed E-state index contributed by atoms with van der Waals surface area (Å²) in [6.45, 7) is 2.00. The molecule has 1 fully saturated rings. The monoisotopic (exact) mass is 275 g/mol. The van der Waals surface area contributed by atoms with Crippen molar-refractivity contribution in [3.8, 4) is 0 Å². The zero-order valence-electron chi connectivity index (χ0n) is 9.72. The van der Waals surface area contributed by atoms with Gasteiger partial charge in [0.15, 0.2) is 0 Å². The van der Waals surface area contributed by atoms with Crippen molar-refractivity contribution in [2.45, 2.75) is 43.0 Å². The van der Waals surface area contributed by atoms with E-state index in [4.69, 9.17) is 5.11 Å². The van der Waals surface area contributed by atoms with Gasteiger partial charge in [0.25, 0.3) is 0 Å². The van der Waals surface area contributed by atoms with E-state index in [1.165, 1.54) is 0 Å². The molecule has 6 heteroatoms. The summed E-state index contributed by atoms with van der Waals surface area (Å²) in [7, 11) is -3.38. The first-order valence-electron chi connectivity index (χ1n) is 5.78. The lowest BCUT2D eigenvalue weighted by Crippen LogP contribution is -2.26. The van der Waals surface area contributed by atoms with Gasteiger partial charge in [0.1, 0.15) is 4.21 Å². The van der Waals surface area contributed by atoms with Gasteiger partial charge in [-0.05, 0) is 30.9 Å². The van der Waals surface area contributed by atoms with Crippen LogP contribution in [0.15, 0.2) is 16.3 Å². The predicted octanol–water partition coefficient (Wildman–Crippen LogP) is 1.71. The normalized spacial score (nSPS) is 23.9. The molecule has 96 valence electrons. The molecule has 1 aliphatic rings. The Morgan fingerprint density at radius 1 is 1.53 bits per heavy atom. The standard InChI is InChI=1S/C11H17NO3S2/c1-2-3-8-6-10(8)12-17(14,15)11-5-4-9(7-13)16-11/h4-5,8,10,12-13H,2-3,6-7H2,1H3. The third kappa shape index (κ3) is 3.07. The molecule has 0 aliphatic heterocycles. The number of aliphatic hydroxyl groups excluding tert-OH is 1. The Labute approximate surface area is 106 Å². The van der Waals surface area contributed by atoms with E-state index in [1.807, 2.05) is 0 Å². The predicted molar refractivity (Wildman–Crippen MR) is 67.4 cm³/mol. The van der Waals surface area contributed by atoms with E-state index >= 15 is 0 Å². The van der Waals surface area contributed by atoms with Crippen LogP contribution in [-0.4, -0.2) is 19.6 Å². The first-order valence-corrected chi connectivity index (χ1v) is 8.08. The van der Waals surface area contributed by atoms with Crippen LogP contribution in [0.5, 0.6) is 0 Å². The Morgan fingerprint density at radius 2 is 2.29 bits per heavy atom. The summed E-state index contributed by atoms with van der Waals surface area (Å²) in [5, 5.41) is 8.92. The average molecular weight is 275 g/mol. The second kappa shape index (κ2) is 5.06. The van der Waals surface area contributed by atoms with Gasteiger partial charge in [-0.3, -0.25) is 0 Å². The van der Waals surface area contributed by atoms with Gasteiger partial charge in [0.05, 0.1) is 6.61 Å². The van der Waals surface area contributed by atoms with E-state index in [0.29, 0.717) is 15.0 Å². The third-order valence-corrected chi connectivity index (χ3v) is 6.00. The summed E-state index contributed by atoms with van der Waals surface area (Å²) in [5.74, 6) is 0.507. The van der Waals surface area contributed by atoms with Crippen molar-refractivity contribution in [2.75, 3.05) is 0 Å². The summed E-state index contributed by atoms with van der Waals surface area (Å²) in [6, 6.07) is 3.31. The molecule has 0 bridgehead atoms. The van der Waals surface area contributed by atoms with Gasteiger partial charge in [0.2, 0.25) is 10.0 Å². The molecule has 1 heterocycles. The van der Waals surface area contributed by atoms with E-state index in [9.17, 15) is 8.42 Å². The fourth-order valence-corrected chi connectivity index (χ4v) is 4.48. The summed E-state index contributed by atoms with van der Waals surface area (Å²) < 4.78 is 27.0. The number of rotatable bonds is 6. The van der Waals surface area contributed by atoms with Crippen LogP contribution >= 0.6 is 11.3 Å². The van der Waals surface area contributed by atoms with E-state index in [-0.39, 0.29) is 12.6 Å². The first kappa shape index (κ1) is 13.0. The van der Waals surface area contributed by atoms with E-state index in [1.54, 1.807) is 12.1 Å². The maximum Gasteiger partial charge on any atom is 0.250 e. The first-order chi connectivity index (χ1) is 8.06. The van der Waals surface area contributed by atoms with Crippen LogP contribution in [-0.2, 0) is 16.6 Å². The quantitative estimate of drug-likeness (QED) is 0.830. The maximum absolute atomic E-state index is 12.0. The summed E-state index contributed by atoms with van der Waals surface area (Å²) >= 11 is 1.12. The van der Waals surface area contributed by atoms with Crippen molar-refractivity contribution in [1.82, 2.24) is 4.72 Å². The number of thiophene rings is 1. The van der Waals surface area contributed by atoms with Crippen molar-refractivity contribution in [1.29, 1.82) is 0 Å².